The fraction of sp³-hybridized carbons (Fsp3) is 0.769. The van der Waals surface area contributed by atoms with Crippen molar-refractivity contribution >= 4 is 14.3 Å². The first-order valence-electron chi connectivity index (χ1n) is 6.39. The van der Waals surface area contributed by atoms with Gasteiger partial charge < -0.3 is 9.16 Å². The summed E-state index contributed by atoms with van der Waals surface area (Å²) in [5.41, 5.74) is 0.465. The zero-order chi connectivity index (χ0) is 13.3. The van der Waals surface area contributed by atoms with Gasteiger partial charge in [0.25, 0.3) is 0 Å². The molecule has 0 heterocycles. The van der Waals surface area contributed by atoms with Gasteiger partial charge in [0.15, 0.2) is 8.32 Å². The topological polar surface area (TPSA) is 35.5 Å². The number of unbranched alkanes of at least 4 members (excludes halogenated alkanes) is 1. The summed E-state index contributed by atoms with van der Waals surface area (Å²) in [6.45, 7) is 10.1. The highest BCUT2D eigenvalue weighted by atomic mass is 28.4. The van der Waals surface area contributed by atoms with E-state index < -0.39 is 8.32 Å². The Morgan fingerprint density at radius 3 is 2.24 bits per heavy atom. The van der Waals surface area contributed by atoms with Gasteiger partial charge in [-0.25, -0.2) is 4.79 Å². The Labute approximate surface area is 106 Å². The van der Waals surface area contributed by atoms with Crippen molar-refractivity contribution in [3.63, 3.8) is 0 Å². The summed E-state index contributed by atoms with van der Waals surface area (Å²) in [4.78, 5) is 11.1. The molecule has 0 fully saturated rings. The lowest BCUT2D eigenvalue weighted by atomic mass is 10.3. The van der Waals surface area contributed by atoms with Crippen molar-refractivity contribution in [2.45, 2.75) is 51.7 Å². The molecule has 0 amide bonds. The predicted molar refractivity (Wildman–Crippen MR) is 73.5 cm³/mol. The Morgan fingerprint density at radius 2 is 1.82 bits per heavy atom. The molecule has 0 aliphatic carbocycles. The molecule has 4 heteroatoms. The van der Waals surface area contributed by atoms with Crippen molar-refractivity contribution in [3.8, 4) is 0 Å². The quantitative estimate of drug-likeness (QED) is 0.275. The van der Waals surface area contributed by atoms with Crippen molar-refractivity contribution in [2.75, 3.05) is 13.7 Å². The van der Waals surface area contributed by atoms with Crippen molar-refractivity contribution in [1.29, 1.82) is 0 Å². The highest BCUT2D eigenvalue weighted by Crippen LogP contribution is 2.23. The maximum absolute atomic E-state index is 11.1. The largest absolute Gasteiger partial charge is 0.462 e. The van der Waals surface area contributed by atoms with Crippen LogP contribution in [0.2, 0.25) is 18.1 Å². The Balaban J connectivity index is 3.76. The van der Waals surface area contributed by atoms with E-state index in [1.165, 1.54) is 0 Å². The molecular formula is C13H26O3Si. The molecule has 3 nitrogen and oxygen atoms in total. The predicted octanol–water partition coefficient (Wildman–Crippen LogP) is 3.52. The number of ether oxygens (including phenoxy) is 1. The molecule has 0 saturated carbocycles. The van der Waals surface area contributed by atoms with Crippen LogP contribution in [0.1, 0.15) is 33.6 Å². The van der Waals surface area contributed by atoms with Gasteiger partial charge in [-0.3, -0.25) is 0 Å². The average molecular weight is 258 g/mol. The Hall–Kier alpha value is -0.613. The summed E-state index contributed by atoms with van der Waals surface area (Å²) in [5.74, 6) is -0.286. The van der Waals surface area contributed by atoms with E-state index in [4.69, 9.17) is 9.16 Å². The summed E-state index contributed by atoms with van der Waals surface area (Å²) < 4.78 is 10.8. The van der Waals surface area contributed by atoms with Gasteiger partial charge in [-0.15, -0.1) is 0 Å². The first-order chi connectivity index (χ1) is 8.01. The molecule has 0 aromatic rings. The van der Waals surface area contributed by atoms with Crippen LogP contribution in [0.15, 0.2) is 12.2 Å². The summed E-state index contributed by atoms with van der Waals surface area (Å²) in [5, 5.41) is 0. The van der Waals surface area contributed by atoms with Crippen molar-refractivity contribution in [2.24, 2.45) is 0 Å². The Morgan fingerprint density at radius 1 is 1.24 bits per heavy atom. The number of carbonyl (C=O) groups is 1. The first kappa shape index (κ1) is 16.4. The first-order valence-corrected chi connectivity index (χ1v) is 8.92. The van der Waals surface area contributed by atoms with E-state index >= 15 is 0 Å². The molecule has 0 unspecified atom stereocenters. The molecule has 0 saturated heterocycles. The van der Waals surface area contributed by atoms with Crippen molar-refractivity contribution in [1.82, 2.24) is 0 Å². The summed E-state index contributed by atoms with van der Waals surface area (Å²) >= 11 is 0. The molecule has 0 N–H and O–H groups in total. The van der Waals surface area contributed by atoms with Gasteiger partial charge in [-0.1, -0.05) is 26.8 Å². The Kier molecular flexibility index (Phi) is 8.17. The third-order valence-corrected chi connectivity index (χ3v) is 8.04. The van der Waals surface area contributed by atoms with Gasteiger partial charge in [0, 0.05) is 12.7 Å². The smallest absolute Gasteiger partial charge is 0.333 e. The van der Waals surface area contributed by atoms with Crippen LogP contribution in [0.25, 0.3) is 0 Å². The van der Waals surface area contributed by atoms with Gasteiger partial charge >= 0.3 is 5.97 Å². The number of hydrogen-bond donors (Lipinski definition) is 0. The van der Waals surface area contributed by atoms with Crippen LogP contribution >= 0.6 is 0 Å². The summed E-state index contributed by atoms with van der Waals surface area (Å²) in [7, 11) is 0.359. The van der Waals surface area contributed by atoms with E-state index in [1.807, 2.05) is 7.11 Å². The molecule has 17 heavy (non-hydrogen) atoms. The molecule has 0 aliphatic rings. The second kappa shape index (κ2) is 8.47. The molecule has 0 aromatic heterocycles. The van der Waals surface area contributed by atoms with Gasteiger partial charge in [-0.05, 0) is 31.5 Å². The van der Waals surface area contributed by atoms with Crippen LogP contribution in [0.5, 0.6) is 0 Å². The molecule has 0 aliphatic heterocycles. The van der Waals surface area contributed by atoms with Crippen LogP contribution in [-0.4, -0.2) is 28.0 Å². The second-order valence-corrected chi connectivity index (χ2v) is 9.16. The SMILES string of the molecule is C=C(C)C(=O)OCCCC[Si](CC)(CC)OC. The van der Waals surface area contributed by atoms with Gasteiger partial charge in [0.2, 0.25) is 0 Å². The standard InChI is InChI=1S/C13H26O3Si/c1-6-17(7-2,15-5)11-9-8-10-16-13(14)12(3)4/h3,6-11H2,1-2,4-5H3. The molecule has 0 radical (unpaired) electrons. The normalized spacial score (nSPS) is 11.3. The third kappa shape index (κ3) is 6.03. The molecule has 0 aromatic carbocycles. The third-order valence-electron chi connectivity index (χ3n) is 3.33. The van der Waals surface area contributed by atoms with E-state index in [0.717, 1.165) is 31.0 Å². The molecule has 0 rings (SSSR count). The lowest BCUT2D eigenvalue weighted by molar-refractivity contribution is -0.139. The van der Waals surface area contributed by atoms with Crippen LogP contribution < -0.4 is 0 Å². The summed E-state index contributed by atoms with van der Waals surface area (Å²) in [6, 6.07) is 3.47. The summed E-state index contributed by atoms with van der Waals surface area (Å²) in [6.07, 6.45) is 1.99. The molecule has 0 bridgehead atoms. The van der Waals surface area contributed by atoms with Gasteiger partial charge in [0.1, 0.15) is 0 Å². The van der Waals surface area contributed by atoms with E-state index in [1.54, 1.807) is 6.92 Å². The minimum atomic E-state index is -1.47. The number of esters is 1. The molecule has 0 atom stereocenters. The number of rotatable bonds is 9. The van der Waals surface area contributed by atoms with Gasteiger partial charge in [0.05, 0.1) is 6.61 Å². The fourth-order valence-corrected chi connectivity index (χ4v) is 4.71. The Bertz CT molecular complexity index is 239. The van der Waals surface area contributed by atoms with E-state index in [2.05, 4.69) is 20.4 Å². The van der Waals surface area contributed by atoms with E-state index in [-0.39, 0.29) is 5.97 Å². The fourth-order valence-electron chi connectivity index (χ4n) is 1.83. The van der Waals surface area contributed by atoms with Crippen LogP contribution in [0.3, 0.4) is 0 Å². The van der Waals surface area contributed by atoms with Gasteiger partial charge in [-0.2, -0.15) is 0 Å². The molecule has 0 spiro atoms. The molecular weight excluding hydrogens is 232 g/mol. The monoisotopic (exact) mass is 258 g/mol. The maximum atomic E-state index is 11.1. The zero-order valence-electron chi connectivity index (χ0n) is 11.7. The highest BCUT2D eigenvalue weighted by Gasteiger charge is 2.28. The van der Waals surface area contributed by atoms with Crippen molar-refractivity contribution < 1.29 is 14.0 Å². The number of hydrogen-bond acceptors (Lipinski definition) is 3. The van der Waals surface area contributed by atoms with Crippen LogP contribution in [0.4, 0.5) is 0 Å². The van der Waals surface area contributed by atoms with E-state index in [9.17, 15) is 4.79 Å². The minimum Gasteiger partial charge on any atom is -0.462 e. The second-order valence-electron chi connectivity index (χ2n) is 4.47. The highest BCUT2D eigenvalue weighted by molar-refractivity contribution is 6.73. The zero-order valence-corrected chi connectivity index (χ0v) is 12.7. The van der Waals surface area contributed by atoms with Crippen molar-refractivity contribution in [3.05, 3.63) is 12.2 Å². The van der Waals surface area contributed by atoms with Crippen LogP contribution in [-0.2, 0) is 14.0 Å². The number of carbonyl (C=O) groups excluding carboxylic acids is 1. The lowest BCUT2D eigenvalue weighted by Gasteiger charge is -2.27. The maximum Gasteiger partial charge on any atom is 0.333 e. The van der Waals surface area contributed by atoms with Crippen LogP contribution in [0, 0.1) is 0 Å². The average Bonchev–Trinajstić information content (AvgIpc) is 2.34. The molecule has 100 valence electrons. The lowest BCUT2D eigenvalue weighted by Crippen LogP contribution is -2.35. The van der Waals surface area contributed by atoms with E-state index in [0.29, 0.717) is 12.2 Å². The minimum absolute atomic E-state index is 0.286.